The number of rotatable bonds is 5. The molecule has 3 rings (SSSR count). The van der Waals surface area contributed by atoms with Crippen molar-refractivity contribution < 1.29 is 4.74 Å². The quantitative estimate of drug-likeness (QED) is 0.606. The van der Waals surface area contributed by atoms with Gasteiger partial charge in [-0.05, 0) is 71.2 Å². The van der Waals surface area contributed by atoms with Crippen LogP contribution >= 0.6 is 0 Å². The van der Waals surface area contributed by atoms with E-state index in [1.807, 2.05) is 6.92 Å². The van der Waals surface area contributed by atoms with Gasteiger partial charge in [0.05, 0.1) is 5.69 Å². The lowest BCUT2D eigenvalue weighted by atomic mass is 10.1. The molecule has 0 unspecified atom stereocenters. The molecule has 0 spiro atoms. The van der Waals surface area contributed by atoms with Crippen LogP contribution in [0.4, 0.5) is 5.82 Å². The molecule has 0 fully saturated rings. The number of aromatic nitrogens is 2. The van der Waals surface area contributed by atoms with E-state index in [1.165, 1.54) is 16.9 Å². The van der Waals surface area contributed by atoms with Crippen LogP contribution in [0.1, 0.15) is 41.8 Å². The number of hydrogen-bond acceptors (Lipinski definition) is 3. The fourth-order valence-corrected chi connectivity index (χ4v) is 3.80. The summed E-state index contributed by atoms with van der Waals surface area (Å²) in [7, 11) is 0. The molecule has 0 aliphatic carbocycles. The highest BCUT2D eigenvalue weighted by Gasteiger charge is 2.18. The lowest BCUT2D eigenvalue weighted by Crippen LogP contribution is -2.24. The molecule has 0 radical (unpaired) electrons. The van der Waals surface area contributed by atoms with Crippen molar-refractivity contribution in [3.8, 4) is 11.6 Å². The molecule has 4 heteroatoms. The lowest BCUT2D eigenvalue weighted by Gasteiger charge is -2.22. The van der Waals surface area contributed by atoms with Crippen molar-refractivity contribution in [3.63, 3.8) is 0 Å². The van der Waals surface area contributed by atoms with Crippen LogP contribution in [0.3, 0.4) is 0 Å². The summed E-state index contributed by atoms with van der Waals surface area (Å²) in [6.07, 6.45) is 2.09. The van der Waals surface area contributed by atoms with Crippen molar-refractivity contribution in [2.45, 2.75) is 48.5 Å². The molecule has 0 saturated heterocycles. The van der Waals surface area contributed by atoms with Crippen molar-refractivity contribution in [3.05, 3.63) is 52.3 Å². The first-order valence-corrected chi connectivity index (χ1v) is 9.35. The molecule has 3 aromatic rings. The minimum Gasteiger partial charge on any atom is -0.436 e. The molecule has 0 bridgehead atoms. The van der Waals surface area contributed by atoms with Crippen LogP contribution in [-0.2, 0) is 0 Å². The number of aryl methyl sites for hydroxylation is 5. The van der Waals surface area contributed by atoms with Gasteiger partial charge < -0.3 is 9.64 Å². The summed E-state index contributed by atoms with van der Waals surface area (Å²) in [6.45, 7) is 16.8. The standard InChI is InChI=1S/C22H29N3O/c1-8-24(9-2)22-17(6)12-19-21(23-18(7)13-25(19)22)26-20-15(4)10-14(3)11-16(20)5/h10-13H,8-9H2,1-7H3. The molecule has 138 valence electrons. The summed E-state index contributed by atoms with van der Waals surface area (Å²) < 4.78 is 8.58. The number of ether oxygens (including phenoxy) is 1. The Bertz CT molecular complexity index is 929. The molecule has 26 heavy (non-hydrogen) atoms. The second kappa shape index (κ2) is 7.02. The molecular weight excluding hydrogens is 322 g/mol. The highest BCUT2D eigenvalue weighted by Crippen LogP contribution is 2.34. The van der Waals surface area contributed by atoms with E-state index in [2.05, 4.69) is 75.2 Å². The Labute approximate surface area is 156 Å². The molecule has 1 aromatic carbocycles. The second-order valence-electron chi connectivity index (χ2n) is 7.10. The normalized spacial score (nSPS) is 11.2. The van der Waals surface area contributed by atoms with Gasteiger partial charge >= 0.3 is 0 Å². The van der Waals surface area contributed by atoms with E-state index in [9.17, 15) is 0 Å². The zero-order valence-electron chi connectivity index (χ0n) is 17.0. The zero-order valence-corrected chi connectivity index (χ0v) is 17.0. The maximum atomic E-state index is 6.35. The Morgan fingerprint density at radius 3 is 2.12 bits per heavy atom. The second-order valence-corrected chi connectivity index (χ2v) is 7.10. The number of hydrogen-bond donors (Lipinski definition) is 0. The van der Waals surface area contributed by atoms with Gasteiger partial charge in [0.15, 0.2) is 0 Å². The van der Waals surface area contributed by atoms with E-state index >= 15 is 0 Å². The fourth-order valence-electron chi connectivity index (χ4n) is 3.80. The number of nitrogens with zero attached hydrogens (tertiary/aromatic N) is 3. The highest BCUT2D eigenvalue weighted by molar-refractivity contribution is 5.69. The van der Waals surface area contributed by atoms with Gasteiger partial charge in [-0.1, -0.05) is 17.7 Å². The SMILES string of the molecule is CCN(CC)c1c(C)cc2c(Oc3c(C)cc(C)cc3C)nc(C)cn12. The molecule has 0 saturated carbocycles. The van der Waals surface area contributed by atoms with Crippen LogP contribution < -0.4 is 9.64 Å². The first-order chi connectivity index (χ1) is 12.3. The minimum absolute atomic E-state index is 0.668. The van der Waals surface area contributed by atoms with Gasteiger partial charge in [-0.15, -0.1) is 0 Å². The van der Waals surface area contributed by atoms with Crippen LogP contribution in [0, 0.1) is 34.6 Å². The zero-order chi connectivity index (χ0) is 19.0. The minimum atomic E-state index is 0.668. The molecule has 0 aliphatic rings. The third kappa shape index (κ3) is 3.16. The van der Waals surface area contributed by atoms with E-state index in [-0.39, 0.29) is 0 Å². The van der Waals surface area contributed by atoms with Crippen LogP contribution in [0.25, 0.3) is 5.52 Å². The predicted molar refractivity (Wildman–Crippen MR) is 109 cm³/mol. The van der Waals surface area contributed by atoms with E-state index in [0.717, 1.165) is 41.2 Å². The Kier molecular flexibility index (Phi) is 4.94. The maximum absolute atomic E-state index is 6.35. The largest absolute Gasteiger partial charge is 0.436 e. The molecule has 0 atom stereocenters. The van der Waals surface area contributed by atoms with Crippen molar-refractivity contribution in [1.82, 2.24) is 9.38 Å². The molecule has 0 N–H and O–H groups in total. The maximum Gasteiger partial charge on any atom is 0.244 e. The summed E-state index contributed by atoms with van der Waals surface area (Å²) in [5.74, 6) is 2.79. The van der Waals surface area contributed by atoms with E-state index in [4.69, 9.17) is 9.72 Å². The monoisotopic (exact) mass is 351 g/mol. The van der Waals surface area contributed by atoms with Gasteiger partial charge in [0.2, 0.25) is 5.88 Å². The number of fused-ring (bicyclic) bond motifs is 1. The van der Waals surface area contributed by atoms with E-state index in [1.54, 1.807) is 0 Å². The van der Waals surface area contributed by atoms with Gasteiger partial charge in [-0.2, -0.15) is 0 Å². The Hall–Kier alpha value is -2.49. The predicted octanol–water partition coefficient (Wildman–Crippen LogP) is 5.51. The van der Waals surface area contributed by atoms with Gasteiger partial charge in [0.25, 0.3) is 0 Å². The summed E-state index contributed by atoms with van der Waals surface area (Å²) in [5.41, 5.74) is 6.71. The fraction of sp³-hybridized carbons (Fsp3) is 0.409. The Balaban J connectivity index is 2.18. The summed E-state index contributed by atoms with van der Waals surface area (Å²) in [5, 5.41) is 0. The molecule has 0 aliphatic heterocycles. The van der Waals surface area contributed by atoms with Crippen LogP contribution in [0.5, 0.6) is 11.6 Å². The van der Waals surface area contributed by atoms with Crippen LogP contribution in [-0.4, -0.2) is 22.5 Å². The van der Waals surface area contributed by atoms with Crippen molar-refractivity contribution in [1.29, 1.82) is 0 Å². The van der Waals surface area contributed by atoms with Crippen LogP contribution in [0.15, 0.2) is 24.4 Å². The van der Waals surface area contributed by atoms with Gasteiger partial charge in [0.1, 0.15) is 17.1 Å². The van der Waals surface area contributed by atoms with Crippen LogP contribution in [0.2, 0.25) is 0 Å². The number of benzene rings is 1. The van der Waals surface area contributed by atoms with Gasteiger partial charge in [-0.3, -0.25) is 4.40 Å². The first-order valence-electron chi connectivity index (χ1n) is 9.35. The molecule has 2 heterocycles. The molecule has 0 amide bonds. The number of anilines is 1. The third-order valence-electron chi connectivity index (χ3n) is 4.87. The molecule has 4 nitrogen and oxygen atoms in total. The summed E-state index contributed by atoms with van der Waals surface area (Å²) >= 11 is 0. The van der Waals surface area contributed by atoms with E-state index < -0.39 is 0 Å². The first kappa shape index (κ1) is 18.3. The Morgan fingerprint density at radius 2 is 1.54 bits per heavy atom. The smallest absolute Gasteiger partial charge is 0.244 e. The third-order valence-corrected chi connectivity index (χ3v) is 4.87. The van der Waals surface area contributed by atoms with Gasteiger partial charge in [-0.25, -0.2) is 4.98 Å². The summed E-state index contributed by atoms with van der Waals surface area (Å²) in [4.78, 5) is 7.07. The van der Waals surface area contributed by atoms with Crippen molar-refractivity contribution >= 4 is 11.3 Å². The molecular formula is C22H29N3O. The Morgan fingerprint density at radius 1 is 0.923 bits per heavy atom. The van der Waals surface area contributed by atoms with Crippen molar-refractivity contribution in [2.75, 3.05) is 18.0 Å². The van der Waals surface area contributed by atoms with Gasteiger partial charge in [0, 0.05) is 19.3 Å². The lowest BCUT2D eigenvalue weighted by molar-refractivity contribution is 0.457. The molecule has 2 aromatic heterocycles. The average molecular weight is 351 g/mol. The summed E-state index contributed by atoms with van der Waals surface area (Å²) in [6, 6.07) is 6.48. The highest BCUT2D eigenvalue weighted by atomic mass is 16.5. The average Bonchev–Trinajstić information content (AvgIpc) is 2.89. The van der Waals surface area contributed by atoms with E-state index in [0.29, 0.717) is 5.88 Å². The topological polar surface area (TPSA) is 29.8 Å². The van der Waals surface area contributed by atoms with Crippen molar-refractivity contribution in [2.24, 2.45) is 0 Å².